The molecule has 0 heterocycles. The normalized spacial score (nSPS) is 14.8. The molecule has 0 amide bonds. The van der Waals surface area contributed by atoms with Gasteiger partial charge in [0.05, 0.1) is 13.7 Å². The van der Waals surface area contributed by atoms with Crippen LogP contribution in [0.2, 0.25) is 0 Å². The van der Waals surface area contributed by atoms with E-state index in [0.29, 0.717) is 13.0 Å². The van der Waals surface area contributed by atoms with Crippen LogP contribution in [0, 0.1) is 7.11 Å². The first-order valence-corrected chi connectivity index (χ1v) is 3.22. The number of halogens is 5. The van der Waals surface area contributed by atoms with Crippen LogP contribution in [0.5, 0.6) is 0 Å². The van der Waals surface area contributed by atoms with Crippen molar-refractivity contribution in [3.63, 3.8) is 0 Å². The topological polar surface area (TPSA) is 9.23 Å². The number of alkyl halides is 5. The summed E-state index contributed by atoms with van der Waals surface area (Å²) < 4.78 is 63.8. The van der Waals surface area contributed by atoms with Gasteiger partial charge in [0.25, 0.3) is 0 Å². The summed E-state index contributed by atoms with van der Waals surface area (Å²) in [6, 6.07) is 0. The highest BCUT2D eigenvalue weighted by Crippen LogP contribution is 2.40. The van der Waals surface area contributed by atoms with E-state index in [2.05, 4.69) is 11.8 Å². The van der Waals surface area contributed by atoms with Crippen LogP contribution in [-0.2, 0) is 4.74 Å². The number of hydrogen-bond donors (Lipinski definition) is 0. The lowest BCUT2D eigenvalue weighted by atomic mass is 10.1. The Morgan fingerprint density at radius 3 is 2.08 bits per heavy atom. The molecule has 0 saturated carbocycles. The van der Waals surface area contributed by atoms with E-state index < -0.39 is 17.7 Å². The molecule has 0 N–H and O–H groups in total. The maximum absolute atomic E-state index is 12.4. The third kappa shape index (κ3) is 2.95. The molecule has 6 heteroatoms. The van der Waals surface area contributed by atoms with E-state index in [1.165, 1.54) is 0 Å². The molecule has 0 aliphatic rings. The van der Waals surface area contributed by atoms with Gasteiger partial charge in [0.1, 0.15) is 0 Å². The van der Waals surface area contributed by atoms with E-state index >= 15 is 0 Å². The molecule has 0 aromatic rings. The molecule has 0 aromatic carbocycles. The van der Waals surface area contributed by atoms with Crippen molar-refractivity contribution in [3.05, 3.63) is 18.8 Å². The predicted octanol–water partition coefficient (Wildman–Crippen LogP) is 2.94. The first kappa shape index (κ1) is 12.3. The predicted molar refractivity (Wildman–Crippen MR) is 36.1 cm³/mol. The first-order valence-electron chi connectivity index (χ1n) is 3.22. The molecule has 0 aromatic heterocycles. The second-order valence-electron chi connectivity index (χ2n) is 2.33. The van der Waals surface area contributed by atoms with Crippen LogP contribution in [0.1, 0.15) is 6.92 Å². The van der Waals surface area contributed by atoms with Crippen LogP contribution in [0.3, 0.4) is 0 Å². The SMILES string of the molecule is [CH2]OC/C=C(\C)C(F)(F)C(F)(F)F. The van der Waals surface area contributed by atoms with E-state index in [9.17, 15) is 22.0 Å². The minimum atomic E-state index is -5.56. The number of rotatable bonds is 3. The van der Waals surface area contributed by atoms with Crippen LogP contribution >= 0.6 is 0 Å². The molecule has 0 aliphatic carbocycles. The highest BCUT2D eigenvalue weighted by Gasteiger charge is 2.58. The standard InChI is InChI=1S/C7H8F5O/c1-5(3-4-13-2)6(8,9)7(10,11)12/h3H,2,4H2,1H3/b5-3+. The van der Waals surface area contributed by atoms with E-state index in [0.717, 1.165) is 0 Å². The smallest absolute Gasteiger partial charge is 0.375 e. The van der Waals surface area contributed by atoms with Crippen molar-refractivity contribution < 1.29 is 26.7 Å². The molecule has 0 rings (SSSR count). The van der Waals surface area contributed by atoms with E-state index in [1.807, 2.05) is 0 Å². The zero-order valence-electron chi connectivity index (χ0n) is 6.79. The fourth-order valence-corrected chi connectivity index (χ4v) is 0.536. The average Bonchev–Trinajstić information content (AvgIpc) is 1.97. The van der Waals surface area contributed by atoms with Crippen molar-refractivity contribution >= 4 is 0 Å². The van der Waals surface area contributed by atoms with Gasteiger partial charge in [-0.3, -0.25) is 0 Å². The Morgan fingerprint density at radius 2 is 1.77 bits per heavy atom. The van der Waals surface area contributed by atoms with Crippen LogP contribution in [0.15, 0.2) is 11.6 Å². The summed E-state index contributed by atoms with van der Waals surface area (Å²) in [5.41, 5.74) is -1.09. The van der Waals surface area contributed by atoms with Gasteiger partial charge in [-0.2, -0.15) is 22.0 Å². The Morgan fingerprint density at radius 1 is 1.31 bits per heavy atom. The Hall–Kier alpha value is -0.650. The Balaban J connectivity index is 4.63. The fourth-order valence-electron chi connectivity index (χ4n) is 0.536. The second kappa shape index (κ2) is 4.04. The summed E-state index contributed by atoms with van der Waals surface area (Å²) in [6.45, 7) is 0.310. The molecule has 0 bridgehead atoms. The number of hydrogen-bond acceptors (Lipinski definition) is 1. The van der Waals surface area contributed by atoms with Crippen molar-refractivity contribution in [2.45, 2.75) is 19.0 Å². The summed E-state index contributed by atoms with van der Waals surface area (Å²) in [4.78, 5) is 0. The lowest BCUT2D eigenvalue weighted by molar-refractivity contribution is -0.264. The van der Waals surface area contributed by atoms with Crippen molar-refractivity contribution in [2.75, 3.05) is 6.61 Å². The molecule has 0 atom stereocenters. The molecule has 1 nitrogen and oxygen atoms in total. The maximum atomic E-state index is 12.4. The highest BCUT2D eigenvalue weighted by atomic mass is 19.4. The minimum Gasteiger partial charge on any atom is -0.375 e. The van der Waals surface area contributed by atoms with Gasteiger partial charge in [0.2, 0.25) is 0 Å². The zero-order chi connectivity index (χ0) is 10.7. The van der Waals surface area contributed by atoms with Crippen LogP contribution < -0.4 is 0 Å². The summed E-state index contributed by atoms with van der Waals surface area (Å²) in [5, 5.41) is 0. The molecular formula is C7H8F5O. The Bertz CT molecular complexity index is 194. The lowest BCUT2D eigenvalue weighted by Crippen LogP contribution is -2.37. The molecule has 0 saturated heterocycles. The first-order chi connectivity index (χ1) is 5.73. The second-order valence-corrected chi connectivity index (χ2v) is 2.33. The van der Waals surface area contributed by atoms with E-state index in [-0.39, 0.29) is 6.61 Å². The lowest BCUT2D eigenvalue weighted by Gasteiger charge is -2.20. The summed E-state index contributed by atoms with van der Waals surface area (Å²) in [5.74, 6) is -4.80. The molecule has 77 valence electrons. The van der Waals surface area contributed by atoms with Crippen molar-refractivity contribution in [1.82, 2.24) is 0 Å². The minimum absolute atomic E-state index is 0.377. The van der Waals surface area contributed by atoms with Gasteiger partial charge in [0, 0.05) is 5.57 Å². The molecule has 0 aliphatic heterocycles. The maximum Gasteiger partial charge on any atom is 0.457 e. The van der Waals surface area contributed by atoms with Crippen LogP contribution in [-0.4, -0.2) is 18.7 Å². The van der Waals surface area contributed by atoms with Gasteiger partial charge in [-0.15, -0.1) is 0 Å². The van der Waals surface area contributed by atoms with Gasteiger partial charge in [-0.05, 0) is 6.92 Å². The van der Waals surface area contributed by atoms with E-state index in [4.69, 9.17) is 0 Å². The Labute approximate surface area is 72.2 Å². The van der Waals surface area contributed by atoms with Crippen molar-refractivity contribution in [3.8, 4) is 0 Å². The van der Waals surface area contributed by atoms with Crippen LogP contribution in [0.25, 0.3) is 0 Å². The summed E-state index contributed by atoms with van der Waals surface area (Å²) in [6.07, 6.45) is -4.92. The summed E-state index contributed by atoms with van der Waals surface area (Å²) in [7, 11) is 2.83. The third-order valence-electron chi connectivity index (χ3n) is 1.36. The van der Waals surface area contributed by atoms with Gasteiger partial charge < -0.3 is 4.74 Å². The quantitative estimate of drug-likeness (QED) is 0.506. The number of ether oxygens (including phenoxy) is 1. The van der Waals surface area contributed by atoms with E-state index in [1.54, 1.807) is 0 Å². The van der Waals surface area contributed by atoms with Gasteiger partial charge >= 0.3 is 12.1 Å². The largest absolute Gasteiger partial charge is 0.457 e. The van der Waals surface area contributed by atoms with Gasteiger partial charge in [0.15, 0.2) is 0 Å². The average molecular weight is 203 g/mol. The summed E-state index contributed by atoms with van der Waals surface area (Å²) >= 11 is 0. The molecule has 1 radical (unpaired) electrons. The number of allylic oxidation sites excluding steroid dienone is 1. The van der Waals surface area contributed by atoms with Crippen molar-refractivity contribution in [2.24, 2.45) is 0 Å². The van der Waals surface area contributed by atoms with Gasteiger partial charge in [-0.25, -0.2) is 0 Å². The Kier molecular flexibility index (Phi) is 3.84. The van der Waals surface area contributed by atoms with Crippen LogP contribution in [0.4, 0.5) is 22.0 Å². The zero-order valence-corrected chi connectivity index (χ0v) is 6.79. The molecule has 0 unspecified atom stereocenters. The molecule has 13 heavy (non-hydrogen) atoms. The molecular weight excluding hydrogens is 195 g/mol. The fraction of sp³-hybridized carbons (Fsp3) is 0.571. The molecule has 0 fully saturated rings. The highest BCUT2D eigenvalue weighted by molar-refractivity contribution is 5.12. The van der Waals surface area contributed by atoms with Crippen molar-refractivity contribution in [1.29, 1.82) is 0 Å². The monoisotopic (exact) mass is 203 g/mol. The third-order valence-corrected chi connectivity index (χ3v) is 1.36. The molecule has 0 spiro atoms. The van der Waals surface area contributed by atoms with Gasteiger partial charge in [-0.1, -0.05) is 6.08 Å².